The van der Waals surface area contributed by atoms with Crippen LogP contribution >= 0.6 is 0 Å². The zero-order chi connectivity index (χ0) is 34.5. The fourth-order valence-electron chi connectivity index (χ4n) is 6.05. The lowest BCUT2D eigenvalue weighted by molar-refractivity contribution is -0.131. The van der Waals surface area contributed by atoms with Crippen LogP contribution < -0.4 is 5.32 Å². The molecule has 4 N–H and O–H groups in total. The predicted octanol–water partition coefficient (Wildman–Crippen LogP) is 11.2. The van der Waals surface area contributed by atoms with E-state index < -0.39 is 24.2 Å². The maximum atomic E-state index is 12.4. The van der Waals surface area contributed by atoms with E-state index in [2.05, 4.69) is 43.5 Å². The zero-order valence-corrected chi connectivity index (χ0v) is 31.2. The Morgan fingerprint density at radius 3 is 1.45 bits per heavy atom. The second-order valence-electron chi connectivity index (χ2n) is 13.8. The second-order valence-corrected chi connectivity index (χ2v) is 13.8. The lowest BCUT2D eigenvalue weighted by atomic mass is 10.0. The number of rotatable bonds is 36. The Labute approximate surface area is 292 Å². The average molecular weight is 662 g/mol. The van der Waals surface area contributed by atoms with E-state index in [1.165, 1.54) is 135 Å². The molecule has 0 aliphatic carbocycles. The molecular weight excluding hydrogens is 582 g/mol. The van der Waals surface area contributed by atoms with Crippen molar-refractivity contribution in [1.29, 1.82) is 0 Å². The van der Waals surface area contributed by atoms with Crippen LogP contribution in [-0.4, -0.2) is 46.1 Å². The molecule has 0 spiro atoms. The molecule has 0 radical (unpaired) electrons. The maximum absolute atomic E-state index is 12.4. The van der Waals surface area contributed by atoms with Crippen LogP contribution in [0.1, 0.15) is 200 Å². The van der Waals surface area contributed by atoms with Gasteiger partial charge >= 0.3 is 0 Å². The van der Waals surface area contributed by atoms with Gasteiger partial charge in [-0.2, -0.15) is 0 Å². The molecular formula is C42H79NO4. The number of unbranched alkanes of at least 4 members (excludes halogenated alkanes) is 24. The van der Waals surface area contributed by atoms with Crippen molar-refractivity contribution in [3.63, 3.8) is 0 Å². The second kappa shape index (κ2) is 37.4. The lowest BCUT2D eigenvalue weighted by Gasteiger charge is -2.21. The van der Waals surface area contributed by atoms with Crippen LogP contribution in [0.4, 0.5) is 0 Å². The van der Waals surface area contributed by atoms with Crippen molar-refractivity contribution >= 4 is 5.91 Å². The smallest absolute Gasteiger partial charge is 0.249 e. The Morgan fingerprint density at radius 2 is 0.979 bits per heavy atom. The van der Waals surface area contributed by atoms with Gasteiger partial charge in [-0.05, 0) is 44.9 Å². The lowest BCUT2D eigenvalue weighted by Crippen LogP contribution is -2.48. The molecule has 0 aliphatic heterocycles. The van der Waals surface area contributed by atoms with Gasteiger partial charge in [-0.25, -0.2) is 0 Å². The number of carbonyl (C=O) groups is 1. The van der Waals surface area contributed by atoms with E-state index in [1.807, 2.05) is 6.08 Å². The molecule has 0 heterocycles. The van der Waals surface area contributed by atoms with Gasteiger partial charge in [0.2, 0.25) is 5.91 Å². The highest BCUT2D eigenvalue weighted by Crippen LogP contribution is 2.15. The third-order valence-corrected chi connectivity index (χ3v) is 9.24. The largest absolute Gasteiger partial charge is 0.394 e. The Bertz CT molecular complexity index is 734. The monoisotopic (exact) mass is 662 g/mol. The fourth-order valence-corrected chi connectivity index (χ4v) is 6.05. The van der Waals surface area contributed by atoms with Crippen molar-refractivity contribution in [2.24, 2.45) is 0 Å². The Balaban J connectivity index is 3.67. The summed E-state index contributed by atoms with van der Waals surface area (Å²) in [6.45, 7) is 4.07. The Kier molecular flexibility index (Phi) is 36.3. The Morgan fingerprint density at radius 1 is 0.553 bits per heavy atom. The third kappa shape index (κ3) is 32.9. The van der Waals surface area contributed by atoms with Gasteiger partial charge in [-0.1, -0.05) is 192 Å². The molecule has 0 rings (SSSR count). The average Bonchev–Trinajstić information content (AvgIpc) is 3.07. The van der Waals surface area contributed by atoms with Crippen molar-refractivity contribution in [3.05, 3.63) is 36.5 Å². The first-order valence-corrected chi connectivity index (χ1v) is 20.3. The number of allylic oxidation sites excluding steroid dienone is 5. The van der Waals surface area contributed by atoms with E-state index in [9.17, 15) is 20.1 Å². The number of nitrogens with one attached hydrogen (secondary N) is 1. The zero-order valence-electron chi connectivity index (χ0n) is 31.2. The summed E-state index contributed by atoms with van der Waals surface area (Å²) in [4.78, 5) is 12.4. The van der Waals surface area contributed by atoms with Gasteiger partial charge in [-0.3, -0.25) is 4.79 Å². The van der Waals surface area contributed by atoms with Crippen LogP contribution in [0.15, 0.2) is 36.5 Å². The van der Waals surface area contributed by atoms with E-state index >= 15 is 0 Å². The number of carbonyl (C=O) groups excluding carboxylic acids is 1. The molecule has 5 nitrogen and oxygen atoms in total. The number of amides is 1. The van der Waals surface area contributed by atoms with Crippen LogP contribution in [0.2, 0.25) is 0 Å². The summed E-state index contributed by atoms with van der Waals surface area (Å²) in [5.74, 6) is -0.505. The Hall–Kier alpha value is -1.43. The highest BCUT2D eigenvalue weighted by Gasteiger charge is 2.22. The number of aliphatic hydroxyl groups excluding tert-OH is 3. The standard InChI is InChI=1S/C42H79NO4/c1-3-5-7-9-11-13-15-17-18-19-20-21-22-23-25-27-29-31-33-35-37-41(46)42(47)43-39(38-44)40(45)36-34-32-30-28-26-24-16-14-12-10-8-6-4-2/h5,7,11,13,34,36,39-41,44-46H,3-4,6,8-10,12,14-33,35,37-38H2,1-2H3,(H,43,47)/b7-5-,13-11-,36-34+. The van der Waals surface area contributed by atoms with Crippen molar-refractivity contribution < 1.29 is 20.1 Å². The van der Waals surface area contributed by atoms with Crippen LogP contribution in [0, 0.1) is 0 Å². The summed E-state index contributed by atoms with van der Waals surface area (Å²) in [5, 5.41) is 33.0. The molecule has 0 aromatic heterocycles. The van der Waals surface area contributed by atoms with E-state index in [-0.39, 0.29) is 6.61 Å². The summed E-state index contributed by atoms with van der Waals surface area (Å²) >= 11 is 0. The van der Waals surface area contributed by atoms with E-state index in [0.717, 1.165) is 44.9 Å². The predicted molar refractivity (Wildman–Crippen MR) is 204 cm³/mol. The van der Waals surface area contributed by atoms with Crippen molar-refractivity contribution in [2.45, 2.75) is 218 Å². The van der Waals surface area contributed by atoms with Gasteiger partial charge in [0.15, 0.2) is 0 Å². The van der Waals surface area contributed by atoms with Crippen LogP contribution in [-0.2, 0) is 4.79 Å². The molecule has 0 aromatic rings. The van der Waals surface area contributed by atoms with E-state index in [1.54, 1.807) is 6.08 Å². The molecule has 47 heavy (non-hydrogen) atoms. The van der Waals surface area contributed by atoms with Gasteiger partial charge in [0.25, 0.3) is 0 Å². The number of aliphatic hydroxyl groups is 3. The number of hydrogen-bond donors (Lipinski definition) is 4. The quantitative estimate of drug-likeness (QED) is 0.0397. The highest BCUT2D eigenvalue weighted by atomic mass is 16.3. The van der Waals surface area contributed by atoms with Gasteiger partial charge < -0.3 is 20.6 Å². The molecule has 3 atom stereocenters. The molecule has 276 valence electrons. The number of hydrogen-bond acceptors (Lipinski definition) is 4. The fraction of sp³-hybridized carbons (Fsp3) is 0.833. The topological polar surface area (TPSA) is 89.8 Å². The normalized spacial score (nSPS) is 14.1. The molecule has 0 aromatic carbocycles. The molecule has 1 amide bonds. The minimum absolute atomic E-state index is 0.363. The van der Waals surface area contributed by atoms with Crippen molar-refractivity contribution in [1.82, 2.24) is 5.32 Å². The molecule has 0 fully saturated rings. The first-order valence-electron chi connectivity index (χ1n) is 20.3. The van der Waals surface area contributed by atoms with Gasteiger partial charge in [0.1, 0.15) is 6.10 Å². The molecule has 0 bridgehead atoms. The SMILES string of the molecule is CC/C=C\C/C=C\CCCCCCCCCCCCCCCC(O)C(=O)NC(CO)C(O)/C=C/CCCCCCCCCCCCC. The first-order chi connectivity index (χ1) is 23.1. The highest BCUT2D eigenvalue weighted by molar-refractivity contribution is 5.80. The summed E-state index contributed by atoms with van der Waals surface area (Å²) in [6.07, 6.45) is 45.9. The summed E-state index contributed by atoms with van der Waals surface area (Å²) < 4.78 is 0. The first kappa shape index (κ1) is 45.6. The minimum atomic E-state index is -1.10. The molecule has 0 saturated heterocycles. The van der Waals surface area contributed by atoms with Gasteiger partial charge in [-0.15, -0.1) is 0 Å². The summed E-state index contributed by atoms with van der Waals surface area (Å²) in [5.41, 5.74) is 0. The van der Waals surface area contributed by atoms with E-state index in [0.29, 0.717) is 6.42 Å². The molecule has 5 heteroatoms. The van der Waals surface area contributed by atoms with E-state index in [4.69, 9.17) is 0 Å². The van der Waals surface area contributed by atoms with Crippen molar-refractivity contribution in [3.8, 4) is 0 Å². The van der Waals surface area contributed by atoms with Gasteiger partial charge in [0, 0.05) is 0 Å². The van der Waals surface area contributed by atoms with Crippen molar-refractivity contribution in [2.75, 3.05) is 6.61 Å². The minimum Gasteiger partial charge on any atom is -0.394 e. The van der Waals surface area contributed by atoms with Crippen LogP contribution in [0.25, 0.3) is 0 Å². The van der Waals surface area contributed by atoms with Crippen LogP contribution in [0.3, 0.4) is 0 Å². The molecule has 0 aliphatic rings. The van der Waals surface area contributed by atoms with Gasteiger partial charge in [0.05, 0.1) is 18.8 Å². The van der Waals surface area contributed by atoms with Crippen LogP contribution in [0.5, 0.6) is 0 Å². The summed E-state index contributed by atoms with van der Waals surface area (Å²) in [6, 6.07) is -0.795. The maximum Gasteiger partial charge on any atom is 0.249 e. The molecule has 3 unspecified atom stereocenters. The molecule has 0 saturated carbocycles. The summed E-state index contributed by atoms with van der Waals surface area (Å²) in [7, 11) is 0. The third-order valence-electron chi connectivity index (χ3n) is 9.24.